The third kappa shape index (κ3) is 3.05. The molecule has 0 saturated heterocycles. The molecule has 25 heavy (non-hydrogen) atoms. The number of rotatable bonds is 6. The molecule has 1 unspecified atom stereocenters. The lowest BCUT2D eigenvalue weighted by Gasteiger charge is -2.55. The first-order valence-corrected chi connectivity index (χ1v) is 9.57. The summed E-state index contributed by atoms with van der Waals surface area (Å²) in [4.78, 5) is 13.1. The third-order valence-electron chi connectivity index (χ3n) is 6.74. The normalized spacial score (nSPS) is 33.9. The molecule has 0 radical (unpaired) electrons. The molecule has 0 aliphatic heterocycles. The second-order valence-electron chi connectivity index (χ2n) is 8.37. The average Bonchev–Trinajstić information content (AvgIpc) is 2.61. The van der Waals surface area contributed by atoms with Crippen molar-refractivity contribution >= 4 is 5.91 Å². The van der Waals surface area contributed by atoms with Crippen molar-refractivity contribution in [2.75, 3.05) is 20.8 Å². The monoisotopic (exact) mass is 343 g/mol. The van der Waals surface area contributed by atoms with Gasteiger partial charge in [0.05, 0.1) is 7.11 Å². The Labute approximate surface area is 150 Å². The van der Waals surface area contributed by atoms with E-state index in [0.29, 0.717) is 6.54 Å². The maximum atomic E-state index is 13.1. The molecular formula is C21H29NO3. The zero-order chi connectivity index (χ0) is 17.4. The van der Waals surface area contributed by atoms with Crippen molar-refractivity contribution < 1.29 is 14.3 Å². The van der Waals surface area contributed by atoms with Crippen LogP contribution in [0.3, 0.4) is 0 Å². The number of hydrogen-bond donors (Lipinski definition) is 1. The van der Waals surface area contributed by atoms with E-state index in [4.69, 9.17) is 9.47 Å². The predicted octanol–water partition coefficient (Wildman–Crippen LogP) is 3.72. The van der Waals surface area contributed by atoms with Gasteiger partial charge in [0.25, 0.3) is 0 Å². The van der Waals surface area contributed by atoms with Gasteiger partial charge in [-0.2, -0.15) is 0 Å². The molecule has 1 aromatic rings. The Balaban J connectivity index is 1.44. The Morgan fingerprint density at radius 2 is 1.72 bits per heavy atom. The zero-order valence-corrected chi connectivity index (χ0v) is 15.3. The lowest BCUT2D eigenvalue weighted by atomic mass is 9.49. The van der Waals surface area contributed by atoms with E-state index in [9.17, 15) is 4.79 Å². The van der Waals surface area contributed by atoms with Gasteiger partial charge in [-0.05, 0) is 62.3 Å². The minimum Gasteiger partial charge on any atom is -0.496 e. The van der Waals surface area contributed by atoms with Gasteiger partial charge >= 0.3 is 0 Å². The number of benzene rings is 1. The highest BCUT2D eigenvalue weighted by molar-refractivity contribution is 5.83. The molecule has 0 aromatic heterocycles. The first kappa shape index (κ1) is 16.9. The molecule has 4 bridgehead atoms. The SMILES string of the molecule is COc1ccccc1C(CNC(=O)C12CC3CC(CC(C3)C1)C2)OC. The van der Waals surface area contributed by atoms with Gasteiger partial charge in [0.2, 0.25) is 5.91 Å². The fraction of sp³-hybridized carbons (Fsp3) is 0.667. The van der Waals surface area contributed by atoms with Gasteiger partial charge in [0.1, 0.15) is 11.9 Å². The number of ether oxygens (including phenoxy) is 2. The van der Waals surface area contributed by atoms with Crippen LogP contribution >= 0.6 is 0 Å². The maximum Gasteiger partial charge on any atom is 0.226 e. The fourth-order valence-corrected chi connectivity index (χ4v) is 6.01. The van der Waals surface area contributed by atoms with Gasteiger partial charge in [0, 0.05) is 24.6 Å². The molecule has 4 fully saturated rings. The predicted molar refractivity (Wildman–Crippen MR) is 96.4 cm³/mol. The van der Waals surface area contributed by atoms with Crippen LogP contribution in [0, 0.1) is 23.2 Å². The first-order chi connectivity index (χ1) is 12.1. The highest BCUT2D eigenvalue weighted by Crippen LogP contribution is 2.60. The minimum atomic E-state index is -0.186. The summed E-state index contributed by atoms with van der Waals surface area (Å²) >= 11 is 0. The van der Waals surface area contributed by atoms with E-state index in [1.54, 1.807) is 14.2 Å². The highest BCUT2D eigenvalue weighted by atomic mass is 16.5. The van der Waals surface area contributed by atoms with Crippen LogP contribution < -0.4 is 10.1 Å². The molecule has 4 saturated carbocycles. The van der Waals surface area contributed by atoms with E-state index in [0.717, 1.165) is 48.3 Å². The molecule has 4 aliphatic rings. The second kappa shape index (κ2) is 6.64. The van der Waals surface area contributed by atoms with Crippen LogP contribution in [-0.4, -0.2) is 26.7 Å². The molecule has 1 atom stereocenters. The number of methoxy groups -OCH3 is 2. The molecule has 4 heteroatoms. The van der Waals surface area contributed by atoms with Crippen LogP contribution in [0.15, 0.2) is 24.3 Å². The number of amides is 1. The van der Waals surface area contributed by atoms with Gasteiger partial charge in [0.15, 0.2) is 0 Å². The molecule has 1 N–H and O–H groups in total. The van der Waals surface area contributed by atoms with Gasteiger partial charge in [-0.3, -0.25) is 4.79 Å². The van der Waals surface area contributed by atoms with Crippen molar-refractivity contribution in [2.24, 2.45) is 23.2 Å². The van der Waals surface area contributed by atoms with Crippen LogP contribution in [0.2, 0.25) is 0 Å². The van der Waals surface area contributed by atoms with E-state index in [1.807, 2.05) is 24.3 Å². The summed E-state index contributed by atoms with van der Waals surface area (Å²) in [6.07, 6.45) is 7.16. The quantitative estimate of drug-likeness (QED) is 0.856. The number of nitrogens with one attached hydrogen (secondary N) is 1. The second-order valence-corrected chi connectivity index (χ2v) is 8.37. The average molecular weight is 343 g/mol. The summed E-state index contributed by atoms with van der Waals surface area (Å²) in [7, 11) is 3.35. The van der Waals surface area contributed by atoms with Crippen molar-refractivity contribution in [3.63, 3.8) is 0 Å². The summed E-state index contributed by atoms with van der Waals surface area (Å²) in [5.74, 6) is 3.40. The molecule has 0 spiro atoms. The number of carbonyl (C=O) groups is 1. The van der Waals surface area contributed by atoms with E-state index in [1.165, 1.54) is 19.3 Å². The lowest BCUT2D eigenvalue weighted by Crippen LogP contribution is -2.54. The summed E-state index contributed by atoms with van der Waals surface area (Å²) in [6, 6.07) is 7.86. The topological polar surface area (TPSA) is 47.6 Å². The lowest BCUT2D eigenvalue weighted by molar-refractivity contribution is -0.146. The molecule has 136 valence electrons. The Hall–Kier alpha value is -1.55. The fourth-order valence-electron chi connectivity index (χ4n) is 6.01. The molecular weight excluding hydrogens is 314 g/mol. The molecule has 0 heterocycles. The van der Waals surface area contributed by atoms with Crippen molar-refractivity contribution in [2.45, 2.75) is 44.6 Å². The van der Waals surface area contributed by atoms with E-state index in [-0.39, 0.29) is 17.4 Å². The molecule has 4 nitrogen and oxygen atoms in total. The van der Waals surface area contributed by atoms with Gasteiger partial charge in [-0.15, -0.1) is 0 Å². The number of carbonyl (C=O) groups excluding carboxylic acids is 1. The molecule has 4 aliphatic carbocycles. The molecule has 1 aromatic carbocycles. The number of para-hydroxylation sites is 1. The standard InChI is InChI=1S/C21H29NO3/c1-24-18-6-4-3-5-17(18)19(25-2)13-22-20(23)21-10-14-7-15(11-21)9-16(8-14)12-21/h3-6,14-16,19H,7-13H2,1-2H3,(H,22,23). The smallest absolute Gasteiger partial charge is 0.226 e. The zero-order valence-electron chi connectivity index (χ0n) is 15.3. The molecule has 5 rings (SSSR count). The highest BCUT2D eigenvalue weighted by Gasteiger charge is 2.54. The Morgan fingerprint density at radius 3 is 2.28 bits per heavy atom. The van der Waals surface area contributed by atoms with E-state index >= 15 is 0 Å². The van der Waals surface area contributed by atoms with E-state index in [2.05, 4.69) is 5.32 Å². The summed E-state index contributed by atoms with van der Waals surface area (Å²) < 4.78 is 11.1. The summed E-state index contributed by atoms with van der Waals surface area (Å²) in [5.41, 5.74) is 0.881. The summed E-state index contributed by atoms with van der Waals surface area (Å²) in [6.45, 7) is 0.497. The van der Waals surface area contributed by atoms with Crippen molar-refractivity contribution in [3.8, 4) is 5.75 Å². The Kier molecular flexibility index (Phi) is 4.48. The van der Waals surface area contributed by atoms with Crippen LogP contribution in [0.1, 0.15) is 50.2 Å². The van der Waals surface area contributed by atoms with Gasteiger partial charge in [-0.1, -0.05) is 18.2 Å². The largest absolute Gasteiger partial charge is 0.496 e. The van der Waals surface area contributed by atoms with Crippen molar-refractivity contribution in [1.29, 1.82) is 0 Å². The van der Waals surface area contributed by atoms with Gasteiger partial charge in [-0.25, -0.2) is 0 Å². The number of hydrogen-bond acceptors (Lipinski definition) is 3. The Morgan fingerprint density at radius 1 is 1.12 bits per heavy atom. The van der Waals surface area contributed by atoms with Crippen LogP contribution in [-0.2, 0) is 9.53 Å². The maximum absolute atomic E-state index is 13.1. The summed E-state index contributed by atoms with van der Waals surface area (Å²) in [5, 5.41) is 3.22. The minimum absolute atomic E-state index is 0.103. The molecule has 1 amide bonds. The Bertz CT molecular complexity index is 606. The van der Waals surface area contributed by atoms with Crippen LogP contribution in [0.25, 0.3) is 0 Å². The van der Waals surface area contributed by atoms with E-state index < -0.39 is 0 Å². The third-order valence-corrected chi connectivity index (χ3v) is 6.74. The van der Waals surface area contributed by atoms with Gasteiger partial charge < -0.3 is 14.8 Å². The van der Waals surface area contributed by atoms with Crippen molar-refractivity contribution in [1.82, 2.24) is 5.32 Å². The van der Waals surface area contributed by atoms with Crippen LogP contribution in [0.4, 0.5) is 0 Å². The first-order valence-electron chi connectivity index (χ1n) is 9.57. The van der Waals surface area contributed by atoms with Crippen molar-refractivity contribution in [3.05, 3.63) is 29.8 Å². The van der Waals surface area contributed by atoms with Crippen LogP contribution in [0.5, 0.6) is 5.75 Å².